The first-order valence-corrected chi connectivity index (χ1v) is 10.2. The molecule has 0 saturated carbocycles. The van der Waals surface area contributed by atoms with Gasteiger partial charge in [-0.3, -0.25) is 14.8 Å². The molecule has 2 heterocycles. The maximum atomic E-state index is 12.7. The van der Waals surface area contributed by atoms with Crippen LogP contribution in [0.15, 0.2) is 72.9 Å². The minimum absolute atomic E-state index is 0.0116. The number of carbonyl (C=O) groups is 2. The summed E-state index contributed by atoms with van der Waals surface area (Å²) >= 11 is 0. The molecule has 3 amide bonds. The summed E-state index contributed by atoms with van der Waals surface area (Å²) in [6, 6.07) is 20.9. The maximum absolute atomic E-state index is 12.7. The second kappa shape index (κ2) is 9.26. The maximum Gasteiger partial charge on any atom is 0.323 e. The highest BCUT2D eigenvalue weighted by Crippen LogP contribution is 2.12. The minimum Gasteiger partial charge on any atom is -0.337 e. The fraction of sp³-hybridized carbons (Fsp3) is 0.261. The van der Waals surface area contributed by atoms with E-state index in [4.69, 9.17) is 0 Å². The highest BCUT2D eigenvalue weighted by Gasteiger charge is 2.23. The van der Waals surface area contributed by atoms with E-state index in [-0.39, 0.29) is 11.9 Å². The number of amides is 3. The van der Waals surface area contributed by atoms with Crippen molar-refractivity contribution in [1.82, 2.24) is 19.6 Å². The van der Waals surface area contributed by atoms with Crippen LogP contribution in [-0.4, -0.2) is 57.7 Å². The summed E-state index contributed by atoms with van der Waals surface area (Å²) in [7, 11) is 0. The number of nitrogens with one attached hydrogen (secondary N) is 1. The zero-order valence-corrected chi connectivity index (χ0v) is 16.8. The zero-order chi connectivity index (χ0) is 20.8. The Hall–Kier alpha value is -3.61. The van der Waals surface area contributed by atoms with Gasteiger partial charge >= 0.3 is 6.03 Å². The summed E-state index contributed by atoms with van der Waals surface area (Å²) in [6.45, 7) is 2.91. The van der Waals surface area contributed by atoms with Crippen molar-refractivity contribution >= 4 is 17.8 Å². The van der Waals surface area contributed by atoms with E-state index in [1.807, 2.05) is 71.8 Å². The summed E-state index contributed by atoms with van der Waals surface area (Å²) in [4.78, 5) is 28.9. The number of benzene rings is 2. The smallest absolute Gasteiger partial charge is 0.323 e. The molecule has 7 heteroatoms. The molecule has 1 fully saturated rings. The van der Waals surface area contributed by atoms with Gasteiger partial charge in [-0.05, 0) is 24.1 Å². The van der Waals surface area contributed by atoms with Crippen LogP contribution in [0.4, 0.5) is 10.6 Å². The van der Waals surface area contributed by atoms with Crippen molar-refractivity contribution in [3.8, 4) is 0 Å². The van der Waals surface area contributed by atoms with Crippen molar-refractivity contribution in [1.29, 1.82) is 0 Å². The Bertz CT molecular complexity index is 987. The molecule has 0 unspecified atom stereocenters. The Balaban J connectivity index is 1.32. The predicted molar refractivity (Wildman–Crippen MR) is 115 cm³/mol. The summed E-state index contributed by atoms with van der Waals surface area (Å²) in [5.74, 6) is 0.537. The molecule has 4 rings (SSSR count). The Morgan fingerprint density at radius 3 is 2.27 bits per heavy atom. The normalized spacial score (nSPS) is 14.3. The molecule has 0 radical (unpaired) electrons. The average molecular weight is 403 g/mol. The summed E-state index contributed by atoms with van der Waals surface area (Å²) in [5.41, 5.74) is 1.83. The van der Waals surface area contributed by atoms with Gasteiger partial charge < -0.3 is 9.80 Å². The summed E-state index contributed by atoms with van der Waals surface area (Å²) < 4.78 is 1.80. The lowest BCUT2D eigenvalue weighted by atomic mass is 10.2. The van der Waals surface area contributed by atoms with Crippen molar-refractivity contribution in [2.24, 2.45) is 0 Å². The molecule has 0 bridgehead atoms. The molecule has 2 aromatic carbocycles. The van der Waals surface area contributed by atoms with Gasteiger partial charge in [0.25, 0.3) is 5.91 Å². The van der Waals surface area contributed by atoms with E-state index >= 15 is 0 Å². The molecule has 1 N–H and O–H groups in total. The first-order valence-electron chi connectivity index (χ1n) is 10.2. The molecular weight excluding hydrogens is 378 g/mol. The van der Waals surface area contributed by atoms with Crippen molar-refractivity contribution in [2.75, 3.05) is 31.5 Å². The van der Waals surface area contributed by atoms with Crippen molar-refractivity contribution in [3.63, 3.8) is 0 Å². The number of hydrogen-bond donors (Lipinski definition) is 1. The second-order valence-corrected chi connectivity index (χ2v) is 7.31. The Kier molecular flexibility index (Phi) is 6.08. The summed E-state index contributed by atoms with van der Waals surface area (Å²) in [6.07, 6.45) is 2.60. The molecule has 3 aromatic rings. The third-order valence-electron chi connectivity index (χ3n) is 5.15. The fourth-order valence-corrected chi connectivity index (χ4v) is 3.56. The number of urea groups is 1. The lowest BCUT2D eigenvalue weighted by Crippen LogP contribution is -2.39. The van der Waals surface area contributed by atoms with Gasteiger partial charge in [-0.25, -0.2) is 4.79 Å². The molecule has 1 aliphatic rings. The lowest BCUT2D eigenvalue weighted by molar-refractivity contribution is 0.0762. The van der Waals surface area contributed by atoms with E-state index < -0.39 is 0 Å². The molecule has 0 atom stereocenters. The Morgan fingerprint density at radius 2 is 1.50 bits per heavy atom. The van der Waals surface area contributed by atoms with E-state index in [1.165, 1.54) is 0 Å². The SMILES string of the molecule is O=C(Nc1ccn(Cc2ccccc2)n1)N1CCCN(C(=O)c2ccccc2)CC1. The van der Waals surface area contributed by atoms with E-state index in [0.29, 0.717) is 44.1 Å². The molecule has 0 spiro atoms. The number of rotatable bonds is 4. The van der Waals surface area contributed by atoms with Gasteiger partial charge in [-0.2, -0.15) is 5.10 Å². The van der Waals surface area contributed by atoms with E-state index in [9.17, 15) is 9.59 Å². The average Bonchev–Trinajstić information content (AvgIpc) is 3.06. The highest BCUT2D eigenvalue weighted by molar-refractivity contribution is 5.94. The van der Waals surface area contributed by atoms with Crippen LogP contribution in [0.5, 0.6) is 0 Å². The molecular formula is C23H25N5O2. The number of aromatic nitrogens is 2. The Morgan fingerprint density at radius 1 is 0.833 bits per heavy atom. The third kappa shape index (κ3) is 4.86. The van der Waals surface area contributed by atoms with E-state index in [0.717, 1.165) is 12.0 Å². The van der Waals surface area contributed by atoms with Gasteiger partial charge in [0.05, 0.1) is 6.54 Å². The topological polar surface area (TPSA) is 70.5 Å². The number of hydrogen-bond acceptors (Lipinski definition) is 3. The predicted octanol–water partition coefficient (Wildman–Crippen LogP) is 3.31. The summed E-state index contributed by atoms with van der Waals surface area (Å²) in [5, 5.41) is 7.31. The van der Waals surface area contributed by atoms with Crippen LogP contribution in [0.3, 0.4) is 0 Å². The largest absolute Gasteiger partial charge is 0.337 e. The van der Waals surface area contributed by atoms with Gasteiger partial charge in [0, 0.05) is 44.0 Å². The number of carbonyl (C=O) groups excluding carboxylic acids is 2. The monoisotopic (exact) mass is 403 g/mol. The first kappa shape index (κ1) is 19.7. The molecule has 1 saturated heterocycles. The quantitative estimate of drug-likeness (QED) is 0.727. The first-order chi connectivity index (χ1) is 14.7. The zero-order valence-electron chi connectivity index (χ0n) is 16.8. The Labute approximate surface area is 175 Å². The van der Waals surface area contributed by atoms with Gasteiger partial charge in [-0.1, -0.05) is 48.5 Å². The molecule has 1 aromatic heterocycles. The van der Waals surface area contributed by atoms with Gasteiger partial charge in [-0.15, -0.1) is 0 Å². The lowest BCUT2D eigenvalue weighted by Gasteiger charge is -2.22. The molecule has 154 valence electrons. The van der Waals surface area contributed by atoms with Crippen LogP contribution in [0, 0.1) is 0 Å². The standard InChI is InChI=1S/C23H25N5O2/c29-22(20-10-5-2-6-11-20)26-13-7-14-27(17-16-26)23(30)24-21-12-15-28(25-21)18-19-8-3-1-4-9-19/h1-6,8-12,15H,7,13-14,16-18H2,(H,24,25,30). The van der Waals surface area contributed by atoms with Gasteiger partial charge in [0.1, 0.15) is 0 Å². The van der Waals surface area contributed by atoms with Crippen molar-refractivity contribution < 1.29 is 9.59 Å². The van der Waals surface area contributed by atoms with Crippen molar-refractivity contribution in [2.45, 2.75) is 13.0 Å². The van der Waals surface area contributed by atoms with E-state index in [1.54, 1.807) is 15.6 Å². The number of anilines is 1. The van der Waals surface area contributed by atoms with Crippen LogP contribution in [0.1, 0.15) is 22.3 Å². The van der Waals surface area contributed by atoms with Gasteiger partial charge in [0.15, 0.2) is 5.82 Å². The number of nitrogens with zero attached hydrogens (tertiary/aromatic N) is 4. The van der Waals surface area contributed by atoms with Crippen LogP contribution >= 0.6 is 0 Å². The van der Waals surface area contributed by atoms with E-state index in [2.05, 4.69) is 10.4 Å². The van der Waals surface area contributed by atoms with Crippen LogP contribution in [0.2, 0.25) is 0 Å². The second-order valence-electron chi connectivity index (χ2n) is 7.31. The third-order valence-corrected chi connectivity index (χ3v) is 5.15. The van der Waals surface area contributed by atoms with Crippen LogP contribution < -0.4 is 5.32 Å². The minimum atomic E-state index is -0.186. The fourth-order valence-electron chi connectivity index (χ4n) is 3.56. The van der Waals surface area contributed by atoms with Crippen LogP contribution in [-0.2, 0) is 6.54 Å². The van der Waals surface area contributed by atoms with Crippen LogP contribution in [0.25, 0.3) is 0 Å². The molecule has 7 nitrogen and oxygen atoms in total. The molecule has 0 aliphatic carbocycles. The molecule has 1 aliphatic heterocycles. The highest BCUT2D eigenvalue weighted by atomic mass is 16.2. The van der Waals surface area contributed by atoms with Crippen molar-refractivity contribution in [3.05, 3.63) is 84.1 Å². The molecule has 30 heavy (non-hydrogen) atoms. The van der Waals surface area contributed by atoms with Gasteiger partial charge in [0.2, 0.25) is 0 Å².